The average Bonchev–Trinajstić information content (AvgIpc) is 3.36. The maximum Gasteiger partial charge on any atom is 0.267 e. The number of primary amides is 1. The predicted octanol–water partition coefficient (Wildman–Crippen LogP) is 4.15. The Morgan fingerprint density at radius 1 is 1.18 bits per heavy atom. The first kappa shape index (κ1) is 18.7. The third-order valence-corrected chi connectivity index (χ3v) is 6.01. The van der Waals surface area contributed by atoms with Gasteiger partial charge in [0, 0.05) is 11.2 Å². The molecular weight excluding hydrogens is 394 g/mol. The quantitative estimate of drug-likeness (QED) is 0.685. The number of halogens is 1. The van der Waals surface area contributed by atoms with Crippen molar-refractivity contribution in [3.05, 3.63) is 87.4 Å². The molecule has 1 heterocycles. The summed E-state index contributed by atoms with van der Waals surface area (Å²) in [4.78, 5) is 28.1. The highest BCUT2D eigenvalue weighted by molar-refractivity contribution is 7.08. The fourth-order valence-electron chi connectivity index (χ4n) is 3.83. The standard InChI is InChI=1S/C21H18ClN3O2S/c22-15-8-6-13-7-9-17(16(13)12-15)25(21(27)18-10-11-24-28-18)19(20(23)26)14-4-2-1-3-5-14/h1-6,8,10-12,17,19H,7,9H2,(H2,23,26)/t17-,19?/m1/s1. The zero-order valence-electron chi connectivity index (χ0n) is 14.9. The molecule has 0 bridgehead atoms. The van der Waals surface area contributed by atoms with E-state index in [9.17, 15) is 9.59 Å². The van der Waals surface area contributed by atoms with Gasteiger partial charge < -0.3 is 10.6 Å². The molecule has 2 atom stereocenters. The van der Waals surface area contributed by atoms with Crippen LogP contribution in [0.2, 0.25) is 5.02 Å². The number of aromatic nitrogens is 1. The highest BCUT2D eigenvalue weighted by atomic mass is 35.5. The summed E-state index contributed by atoms with van der Waals surface area (Å²) in [7, 11) is 0. The van der Waals surface area contributed by atoms with Gasteiger partial charge in [-0.1, -0.05) is 48.0 Å². The molecule has 5 nitrogen and oxygen atoms in total. The molecule has 4 rings (SSSR count). The van der Waals surface area contributed by atoms with Crippen LogP contribution in [0.3, 0.4) is 0 Å². The summed E-state index contributed by atoms with van der Waals surface area (Å²) >= 11 is 7.34. The van der Waals surface area contributed by atoms with Crippen molar-refractivity contribution in [2.45, 2.75) is 24.9 Å². The van der Waals surface area contributed by atoms with E-state index < -0.39 is 11.9 Å². The van der Waals surface area contributed by atoms with Crippen LogP contribution >= 0.6 is 23.1 Å². The van der Waals surface area contributed by atoms with Crippen LogP contribution in [0.4, 0.5) is 0 Å². The highest BCUT2D eigenvalue weighted by Crippen LogP contribution is 2.42. The molecule has 1 aliphatic carbocycles. The van der Waals surface area contributed by atoms with E-state index in [4.69, 9.17) is 17.3 Å². The lowest BCUT2D eigenvalue weighted by atomic mass is 9.99. The number of hydrogen-bond acceptors (Lipinski definition) is 4. The molecule has 0 radical (unpaired) electrons. The third-order valence-electron chi connectivity index (χ3n) is 5.04. The molecule has 1 unspecified atom stereocenters. The molecule has 28 heavy (non-hydrogen) atoms. The van der Waals surface area contributed by atoms with Crippen LogP contribution in [-0.4, -0.2) is 21.1 Å². The van der Waals surface area contributed by atoms with Crippen molar-refractivity contribution in [1.29, 1.82) is 0 Å². The van der Waals surface area contributed by atoms with Crippen molar-refractivity contribution in [3.8, 4) is 0 Å². The first-order valence-electron chi connectivity index (χ1n) is 8.92. The molecule has 0 saturated heterocycles. The number of carbonyl (C=O) groups excluding carboxylic acids is 2. The number of hydrogen-bond donors (Lipinski definition) is 1. The Labute approximate surface area is 171 Å². The number of nitrogens with zero attached hydrogens (tertiary/aromatic N) is 2. The monoisotopic (exact) mass is 411 g/mol. The van der Waals surface area contributed by atoms with Crippen LogP contribution in [0, 0.1) is 0 Å². The fourth-order valence-corrected chi connectivity index (χ4v) is 4.55. The summed E-state index contributed by atoms with van der Waals surface area (Å²) in [6, 6.07) is 15.4. The normalized spacial score (nSPS) is 16.4. The van der Waals surface area contributed by atoms with Gasteiger partial charge in [-0.2, -0.15) is 0 Å². The fraction of sp³-hybridized carbons (Fsp3) is 0.190. The minimum absolute atomic E-state index is 0.257. The molecule has 7 heteroatoms. The summed E-state index contributed by atoms with van der Waals surface area (Å²) in [5.74, 6) is -0.826. The zero-order valence-corrected chi connectivity index (χ0v) is 16.5. The summed E-state index contributed by atoms with van der Waals surface area (Å²) in [6.07, 6.45) is 3.10. The van der Waals surface area contributed by atoms with Gasteiger partial charge in [0.25, 0.3) is 5.91 Å². The van der Waals surface area contributed by atoms with Gasteiger partial charge in [-0.05, 0) is 59.3 Å². The lowest BCUT2D eigenvalue weighted by molar-refractivity contribution is -0.123. The van der Waals surface area contributed by atoms with E-state index in [-0.39, 0.29) is 11.9 Å². The summed E-state index contributed by atoms with van der Waals surface area (Å²) < 4.78 is 4.04. The molecule has 3 aromatic rings. The number of fused-ring (bicyclic) bond motifs is 1. The van der Waals surface area contributed by atoms with Crippen LogP contribution in [0.5, 0.6) is 0 Å². The molecular formula is C21H18ClN3O2S. The largest absolute Gasteiger partial charge is 0.368 e. The van der Waals surface area contributed by atoms with E-state index in [0.29, 0.717) is 21.9 Å². The maximum absolute atomic E-state index is 13.5. The van der Waals surface area contributed by atoms with Crippen molar-refractivity contribution >= 4 is 34.9 Å². The van der Waals surface area contributed by atoms with Gasteiger partial charge in [0.15, 0.2) is 0 Å². The maximum atomic E-state index is 13.5. The van der Waals surface area contributed by atoms with E-state index in [1.807, 2.05) is 48.5 Å². The average molecular weight is 412 g/mol. The predicted molar refractivity (Wildman–Crippen MR) is 109 cm³/mol. The molecule has 0 fully saturated rings. The number of aryl methyl sites for hydroxylation is 1. The summed E-state index contributed by atoms with van der Waals surface area (Å²) in [5, 5.41) is 0.603. The summed E-state index contributed by atoms with van der Waals surface area (Å²) in [5.41, 5.74) is 8.59. The smallest absolute Gasteiger partial charge is 0.267 e. The minimum Gasteiger partial charge on any atom is -0.368 e. The van der Waals surface area contributed by atoms with Crippen LogP contribution in [-0.2, 0) is 11.2 Å². The molecule has 142 valence electrons. The van der Waals surface area contributed by atoms with Crippen molar-refractivity contribution in [2.75, 3.05) is 0 Å². The van der Waals surface area contributed by atoms with Crippen LogP contribution in [0.15, 0.2) is 60.8 Å². The van der Waals surface area contributed by atoms with Gasteiger partial charge in [0.2, 0.25) is 5.91 Å². The molecule has 2 aromatic carbocycles. The third kappa shape index (κ3) is 3.41. The van der Waals surface area contributed by atoms with Crippen molar-refractivity contribution < 1.29 is 9.59 Å². The second-order valence-corrected chi connectivity index (χ2v) is 7.97. The van der Waals surface area contributed by atoms with Gasteiger partial charge in [-0.25, -0.2) is 4.37 Å². The first-order valence-corrected chi connectivity index (χ1v) is 10.1. The lowest BCUT2D eigenvalue weighted by Gasteiger charge is -2.35. The van der Waals surface area contributed by atoms with E-state index in [2.05, 4.69) is 4.37 Å². The zero-order chi connectivity index (χ0) is 19.7. The minimum atomic E-state index is -0.884. The van der Waals surface area contributed by atoms with Gasteiger partial charge in [0.1, 0.15) is 10.9 Å². The van der Waals surface area contributed by atoms with Gasteiger partial charge in [-0.15, -0.1) is 0 Å². The molecule has 0 aliphatic heterocycles. The number of carbonyl (C=O) groups is 2. The Morgan fingerprint density at radius 3 is 2.64 bits per heavy atom. The molecule has 0 saturated carbocycles. The Morgan fingerprint density at radius 2 is 1.96 bits per heavy atom. The first-order chi connectivity index (χ1) is 13.6. The van der Waals surface area contributed by atoms with Crippen LogP contribution in [0.25, 0.3) is 0 Å². The van der Waals surface area contributed by atoms with Gasteiger partial charge in [0.05, 0.1) is 6.04 Å². The van der Waals surface area contributed by atoms with Gasteiger partial charge >= 0.3 is 0 Å². The Bertz CT molecular complexity index is 1010. The lowest BCUT2D eigenvalue weighted by Crippen LogP contribution is -2.43. The topological polar surface area (TPSA) is 76.3 Å². The van der Waals surface area contributed by atoms with Crippen LogP contribution < -0.4 is 5.73 Å². The van der Waals surface area contributed by atoms with Crippen molar-refractivity contribution in [1.82, 2.24) is 9.27 Å². The van der Waals surface area contributed by atoms with Crippen molar-refractivity contribution in [3.63, 3.8) is 0 Å². The molecule has 2 amide bonds. The van der Waals surface area contributed by atoms with E-state index in [1.54, 1.807) is 17.2 Å². The number of benzene rings is 2. The number of rotatable bonds is 5. The van der Waals surface area contributed by atoms with Gasteiger partial charge in [-0.3, -0.25) is 9.59 Å². The Kier molecular flexibility index (Phi) is 5.15. The molecule has 1 aliphatic rings. The second-order valence-electron chi connectivity index (χ2n) is 6.70. The Hall–Kier alpha value is -2.70. The summed E-state index contributed by atoms with van der Waals surface area (Å²) in [6.45, 7) is 0. The molecule has 0 spiro atoms. The second kappa shape index (κ2) is 7.73. The highest BCUT2D eigenvalue weighted by Gasteiger charge is 2.39. The Balaban J connectivity index is 1.85. The van der Waals surface area contributed by atoms with E-state index in [0.717, 1.165) is 29.1 Å². The SMILES string of the molecule is NC(=O)C(c1ccccc1)N(C(=O)c1ccns1)[C@@H]1CCc2ccc(Cl)cc21. The van der Waals surface area contributed by atoms with E-state index in [1.165, 1.54) is 0 Å². The van der Waals surface area contributed by atoms with E-state index >= 15 is 0 Å². The molecule has 1 aromatic heterocycles. The van der Waals surface area contributed by atoms with Crippen LogP contribution in [0.1, 0.15) is 44.9 Å². The number of amides is 2. The van der Waals surface area contributed by atoms with Crippen molar-refractivity contribution in [2.24, 2.45) is 5.73 Å². The number of nitrogens with two attached hydrogens (primary N) is 1. The molecule has 2 N–H and O–H groups in total.